The van der Waals surface area contributed by atoms with E-state index in [9.17, 15) is 0 Å². The second-order valence-electron chi connectivity index (χ2n) is 15.5. The highest BCUT2D eigenvalue weighted by atomic mass is 35.5. The predicted molar refractivity (Wildman–Crippen MR) is 237 cm³/mol. The lowest BCUT2D eigenvalue weighted by atomic mass is 10.1. The first-order valence-electron chi connectivity index (χ1n) is 19.9. The molecule has 8 rings (SSSR count). The Bertz CT molecular complexity index is 1960. The van der Waals surface area contributed by atoms with Gasteiger partial charge in [-0.1, -0.05) is 47.5 Å². The fourth-order valence-electron chi connectivity index (χ4n) is 7.53. The summed E-state index contributed by atoms with van der Waals surface area (Å²) in [6.07, 6.45) is 2.35. The van der Waals surface area contributed by atoms with Crippen molar-refractivity contribution >= 4 is 56.6 Å². The number of nitrogens with one attached hydrogen (secondary N) is 2. The summed E-state index contributed by atoms with van der Waals surface area (Å²) in [7, 11) is 8.55. The van der Waals surface area contributed by atoms with Gasteiger partial charge < -0.3 is 39.4 Å². The molecule has 10 nitrogen and oxygen atoms in total. The summed E-state index contributed by atoms with van der Waals surface area (Å²) < 4.78 is 0. The van der Waals surface area contributed by atoms with Crippen LogP contribution in [0.15, 0.2) is 84.9 Å². The van der Waals surface area contributed by atoms with Crippen molar-refractivity contribution in [2.24, 2.45) is 0 Å². The number of aromatic amines is 2. The summed E-state index contributed by atoms with van der Waals surface area (Å²) in [5, 5.41) is 1.45. The normalized spacial score (nSPS) is 16.1. The first-order chi connectivity index (χ1) is 27.2. The van der Waals surface area contributed by atoms with E-state index in [4.69, 9.17) is 33.2 Å². The molecule has 4 aromatic carbocycles. The molecule has 2 aliphatic rings. The maximum absolute atomic E-state index is 6.53. The van der Waals surface area contributed by atoms with Gasteiger partial charge >= 0.3 is 0 Å². The van der Waals surface area contributed by atoms with Crippen LogP contribution in [0, 0.1) is 0 Å². The molecule has 0 radical (unpaired) electrons. The van der Waals surface area contributed by atoms with Crippen molar-refractivity contribution in [3.63, 3.8) is 0 Å². The fourth-order valence-corrected chi connectivity index (χ4v) is 7.95. The third-order valence-corrected chi connectivity index (χ3v) is 11.5. The van der Waals surface area contributed by atoms with Crippen LogP contribution < -0.4 is 9.80 Å². The summed E-state index contributed by atoms with van der Waals surface area (Å²) in [6.45, 7) is 13.2. The van der Waals surface area contributed by atoms with Crippen LogP contribution in [0.3, 0.4) is 0 Å². The molecule has 0 bridgehead atoms. The molecule has 0 spiro atoms. The van der Waals surface area contributed by atoms with Gasteiger partial charge in [-0.3, -0.25) is 0 Å². The number of hydrogen-bond donors (Lipinski definition) is 2. The topological polar surface area (TPSA) is 76.8 Å². The minimum Gasteiger partial charge on any atom is -0.370 e. The zero-order valence-corrected chi connectivity index (χ0v) is 34.8. The lowest BCUT2D eigenvalue weighted by Gasteiger charge is -2.25. The van der Waals surface area contributed by atoms with Gasteiger partial charge in [0, 0.05) is 87.9 Å². The maximum atomic E-state index is 6.53. The molecule has 2 N–H and O–H groups in total. The smallest absolute Gasteiger partial charge is 0.140 e. The number of imidazole rings is 2. The van der Waals surface area contributed by atoms with Crippen molar-refractivity contribution in [1.29, 1.82) is 0 Å². The predicted octanol–water partition coefficient (Wildman–Crippen LogP) is 7.91. The van der Waals surface area contributed by atoms with E-state index in [1.807, 2.05) is 60.7 Å². The number of benzene rings is 4. The Labute approximate surface area is 342 Å². The second kappa shape index (κ2) is 18.9. The van der Waals surface area contributed by atoms with Gasteiger partial charge in [-0.2, -0.15) is 0 Å². The third-order valence-electron chi connectivity index (χ3n) is 10.8. The molecule has 0 atom stereocenters. The molecule has 2 fully saturated rings. The molecule has 2 saturated heterocycles. The second-order valence-corrected chi connectivity index (χ2v) is 16.3. The highest BCUT2D eigenvalue weighted by Gasteiger charge is 2.19. The maximum Gasteiger partial charge on any atom is 0.140 e. The Morgan fingerprint density at radius 3 is 1.38 bits per heavy atom. The van der Waals surface area contributed by atoms with Crippen LogP contribution in [0.1, 0.15) is 12.8 Å². The van der Waals surface area contributed by atoms with Crippen LogP contribution in [-0.4, -0.2) is 146 Å². The zero-order valence-electron chi connectivity index (χ0n) is 33.3. The molecular weight excluding hydrogens is 739 g/mol. The van der Waals surface area contributed by atoms with Crippen molar-refractivity contribution < 1.29 is 0 Å². The van der Waals surface area contributed by atoms with Crippen molar-refractivity contribution in [3.8, 4) is 22.8 Å². The minimum atomic E-state index is 0.727. The van der Waals surface area contributed by atoms with Gasteiger partial charge in [-0.05, 0) is 115 Å². The molecule has 0 aliphatic carbocycles. The van der Waals surface area contributed by atoms with E-state index < -0.39 is 0 Å². The Hall–Kier alpha value is -4.16. The Balaban J connectivity index is 0.000000172. The average Bonchev–Trinajstić information content (AvgIpc) is 3.65. The highest BCUT2D eigenvalue weighted by Crippen LogP contribution is 2.33. The molecule has 6 aromatic rings. The summed E-state index contributed by atoms with van der Waals surface area (Å²) in [5.41, 5.74) is 8.35. The van der Waals surface area contributed by atoms with E-state index >= 15 is 0 Å². The van der Waals surface area contributed by atoms with Crippen LogP contribution in [0.4, 0.5) is 11.4 Å². The van der Waals surface area contributed by atoms with Gasteiger partial charge in [0.1, 0.15) is 11.6 Å². The largest absolute Gasteiger partial charge is 0.370 e. The quantitative estimate of drug-likeness (QED) is 0.145. The van der Waals surface area contributed by atoms with Gasteiger partial charge in [0.25, 0.3) is 0 Å². The van der Waals surface area contributed by atoms with Crippen molar-refractivity contribution in [3.05, 3.63) is 95.0 Å². The first kappa shape index (κ1) is 40.1. The van der Waals surface area contributed by atoms with E-state index in [1.54, 1.807) is 0 Å². The Morgan fingerprint density at radius 1 is 0.536 bits per heavy atom. The molecule has 296 valence electrons. The number of para-hydroxylation sites is 4. The summed E-state index contributed by atoms with van der Waals surface area (Å²) in [5.74, 6) is 1.66. The first-order valence-corrected chi connectivity index (χ1v) is 20.7. The molecule has 2 aromatic heterocycles. The van der Waals surface area contributed by atoms with E-state index in [1.165, 1.54) is 24.2 Å². The fraction of sp³-hybridized carbons (Fsp3) is 0.409. The highest BCUT2D eigenvalue weighted by molar-refractivity contribution is 6.33. The monoisotopic (exact) mass is 794 g/mol. The van der Waals surface area contributed by atoms with E-state index in [2.05, 4.69) is 91.8 Å². The SMILES string of the molecule is CN(C)CCN1CCCN(c2ccc(Cl)c(-c3nc4ccccc4[nH]3)c2)CC1.CN(C)CCN1CCCN(c2ccc(Cl)c(-c3nc4ccccc4[nH]3)c2)CC1. The molecule has 56 heavy (non-hydrogen) atoms. The molecule has 0 saturated carbocycles. The Morgan fingerprint density at radius 2 is 0.964 bits per heavy atom. The lowest BCUT2D eigenvalue weighted by molar-refractivity contribution is 0.254. The van der Waals surface area contributed by atoms with E-state index in [0.29, 0.717) is 0 Å². The van der Waals surface area contributed by atoms with Crippen LogP contribution in [0.2, 0.25) is 10.0 Å². The van der Waals surface area contributed by atoms with E-state index in [0.717, 1.165) is 133 Å². The van der Waals surface area contributed by atoms with Crippen molar-refractivity contribution in [2.75, 3.05) is 117 Å². The number of nitrogens with zero attached hydrogens (tertiary/aromatic N) is 8. The van der Waals surface area contributed by atoms with Gasteiger partial charge in [0.15, 0.2) is 0 Å². The number of H-pyrrole nitrogens is 2. The van der Waals surface area contributed by atoms with Crippen LogP contribution in [0.25, 0.3) is 44.8 Å². The van der Waals surface area contributed by atoms with Gasteiger partial charge in [0.05, 0.1) is 32.1 Å². The number of aromatic nitrogens is 4. The minimum absolute atomic E-state index is 0.727. The number of likely N-dealkylation sites (N-methyl/N-ethyl adjacent to an activating group) is 2. The lowest BCUT2D eigenvalue weighted by Crippen LogP contribution is -2.35. The average molecular weight is 796 g/mol. The molecule has 0 unspecified atom stereocenters. The summed E-state index contributed by atoms with van der Waals surface area (Å²) in [6, 6.07) is 28.8. The van der Waals surface area contributed by atoms with Crippen molar-refractivity contribution in [1.82, 2.24) is 39.5 Å². The number of fused-ring (bicyclic) bond motifs is 2. The zero-order chi connectivity index (χ0) is 39.0. The van der Waals surface area contributed by atoms with Crippen LogP contribution in [-0.2, 0) is 0 Å². The molecule has 2 aliphatic heterocycles. The van der Waals surface area contributed by atoms with Gasteiger partial charge in [-0.15, -0.1) is 0 Å². The van der Waals surface area contributed by atoms with Gasteiger partial charge in [-0.25, -0.2) is 9.97 Å². The Kier molecular flexibility index (Phi) is 13.5. The standard InChI is InChI=1S/2C22H28ClN5/c2*1-26(2)12-13-27-10-5-11-28(15-14-27)17-8-9-19(23)18(16-17)22-24-20-6-3-4-7-21(20)25-22/h2*3-4,6-9,16H,5,10-15H2,1-2H3,(H,24,25). The summed E-state index contributed by atoms with van der Waals surface area (Å²) in [4.78, 5) is 30.8. The van der Waals surface area contributed by atoms with Gasteiger partial charge in [0.2, 0.25) is 0 Å². The molecule has 12 heteroatoms. The van der Waals surface area contributed by atoms with Crippen LogP contribution in [0.5, 0.6) is 0 Å². The molecular formula is C44H56Cl2N10. The third kappa shape index (κ3) is 10.2. The van der Waals surface area contributed by atoms with Crippen molar-refractivity contribution in [2.45, 2.75) is 12.8 Å². The number of halogens is 2. The number of anilines is 2. The number of rotatable bonds is 10. The molecule has 0 amide bonds. The number of hydrogen-bond acceptors (Lipinski definition) is 8. The van der Waals surface area contributed by atoms with Crippen LogP contribution >= 0.6 is 23.2 Å². The van der Waals surface area contributed by atoms with E-state index in [-0.39, 0.29) is 0 Å². The summed E-state index contributed by atoms with van der Waals surface area (Å²) >= 11 is 13.1. The molecule has 4 heterocycles.